The molecular weight excluding hydrogens is 230 g/mol. The number of rotatable bonds is 1. The molecule has 2 aromatic carbocycles. The van der Waals surface area contributed by atoms with E-state index in [2.05, 4.69) is 0 Å². The summed E-state index contributed by atoms with van der Waals surface area (Å²) in [7, 11) is 0. The molecule has 0 spiro atoms. The highest BCUT2D eigenvalue weighted by Crippen LogP contribution is 2.32. The van der Waals surface area contributed by atoms with Crippen LogP contribution in [0, 0.1) is 0 Å². The van der Waals surface area contributed by atoms with Crippen LogP contribution in [-0.2, 0) is 0 Å². The molecule has 0 radical (unpaired) electrons. The van der Waals surface area contributed by atoms with Crippen LogP contribution in [0.1, 0.15) is 20.7 Å². The van der Waals surface area contributed by atoms with Gasteiger partial charge in [-0.3, -0.25) is 9.59 Å². The van der Waals surface area contributed by atoms with E-state index in [1.54, 1.807) is 36.4 Å². The summed E-state index contributed by atoms with van der Waals surface area (Å²) in [6.07, 6.45) is 0. The van der Waals surface area contributed by atoms with Crippen molar-refractivity contribution in [3.63, 3.8) is 0 Å². The van der Waals surface area contributed by atoms with Crippen LogP contribution in [0.2, 0.25) is 0 Å². The van der Waals surface area contributed by atoms with Crippen molar-refractivity contribution < 1.29 is 14.7 Å². The minimum Gasteiger partial charge on any atom is -0.507 e. The summed E-state index contributed by atoms with van der Waals surface area (Å²) in [6, 6.07) is 13.2. The molecule has 0 aromatic heterocycles. The Morgan fingerprint density at radius 3 is 2.22 bits per heavy atom. The van der Waals surface area contributed by atoms with Gasteiger partial charge in [-0.15, -0.1) is 0 Å². The van der Waals surface area contributed by atoms with Crippen molar-refractivity contribution in [2.75, 3.05) is 4.90 Å². The van der Waals surface area contributed by atoms with Gasteiger partial charge in [0.15, 0.2) is 0 Å². The zero-order chi connectivity index (χ0) is 12.7. The fraction of sp³-hybridized carbons (Fsp3) is 0. The van der Waals surface area contributed by atoms with Crippen LogP contribution < -0.4 is 4.90 Å². The molecule has 18 heavy (non-hydrogen) atoms. The maximum Gasteiger partial charge on any atom is 0.269 e. The minimum absolute atomic E-state index is 0.0753. The molecule has 1 N–H and O–H groups in total. The third kappa shape index (κ3) is 1.32. The lowest BCUT2D eigenvalue weighted by molar-refractivity contribution is 0.0925. The van der Waals surface area contributed by atoms with Crippen molar-refractivity contribution in [2.24, 2.45) is 0 Å². The summed E-state index contributed by atoms with van der Waals surface area (Å²) in [5, 5.41) is 9.68. The van der Waals surface area contributed by atoms with E-state index in [1.165, 1.54) is 12.1 Å². The van der Waals surface area contributed by atoms with Gasteiger partial charge in [0, 0.05) is 0 Å². The topological polar surface area (TPSA) is 57.6 Å². The Balaban J connectivity index is 2.17. The zero-order valence-corrected chi connectivity index (χ0v) is 9.33. The maximum atomic E-state index is 12.2. The van der Waals surface area contributed by atoms with E-state index >= 15 is 0 Å². The number of phenolic OH excluding ortho intramolecular Hbond substituents is 1. The first kappa shape index (κ1) is 10.5. The number of anilines is 1. The number of carbonyl (C=O) groups excluding carboxylic acids is 2. The van der Waals surface area contributed by atoms with E-state index in [0.717, 1.165) is 4.90 Å². The highest BCUT2D eigenvalue weighted by Gasteiger charge is 2.38. The Morgan fingerprint density at radius 2 is 1.56 bits per heavy atom. The number of hydrogen-bond acceptors (Lipinski definition) is 3. The average molecular weight is 239 g/mol. The van der Waals surface area contributed by atoms with Crippen molar-refractivity contribution in [1.29, 1.82) is 0 Å². The van der Waals surface area contributed by atoms with Crippen LogP contribution in [0.5, 0.6) is 5.75 Å². The van der Waals surface area contributed by atoms with E-state index < -0.39 is 11.8 Å². The van der Waals surface area contributed by atoms with Gasteiger partial charge in [-0.2, -0.15) is 0 Å². The Kier molecular flexibility index (Phi) is 2.16. The maximum absolute atomic E-state index is 12.2. The number of fused-ring (bicyclic) bond motifs is 1. The summed E-state index contributed by atoms with van der Waals surface area (Å²) in [4.78, 5) is 25.4. The van der Waals surface area contributed by atoms with Gasteiger partial charge < -0.3 is 5.11 Å². The second-order valence-electron chi connectivity index (χ2n) is 3.98. The Hall–Kier alpha value is -2.62. The second kappa shape index (κ2) is 3.70. The summed E-state index contributed by atoms with van der Waals surface area (Å²) < 4.78 is 0. The van der Waals surface area contributed by atoms with E-state index in [1.807, 2.05) is 0 Å². The first-order chi connectivity index (χ1) is 8.70. The van der Waals surface area contributed by atoms with Crippen molar-refractivity contribution in [2.45, 2.75) is 0 Å². The largest absolute Gasteiger partial charge is 0.507 e. The molecule has 88 valence electrons. The van der Waals surface area contributed by atoms with Crippen LogP contribution in [0.25, 0.3) is 0 Å². The molecule has 4 nitrogen and oxygen atoms in total. The lowest BCUT2D eigenvalue weighted by atomic mass is 10.1. The number of aromatic hydroxyl groups is 1. The summed E-state index contributed by atoms with van der Waals surface area (Å²) >= 11 is 0. The predicted molar refractivity (Wildman–Crippen MR) is 65.7 cm³/mol. The fourth-order valence-corrected chi connectivity index (χ4v) is 2.08. The molecule has 0 fully saturated rings. The van der Waals surface area contributed by atoms with Crippen LogP contribution in [0.15, 0.2) is 48.5 Å². The van der Waals surface area contributed by atoms with Crippen LogP contribution in [-0.4, -0.2) is 16.9 Å². The Bertz CT molecular complexity index is 649. The third-order valence-corrected chi connectivity index (χ3v) is 2.91. The molecule has 1 heterocycles. The monoisotopic (exact) mass is 239 g/mol. The number of hydrogen-bond donors (Lipinski definition) is 1. The molecule has 0 bridgehead atoms. The van der Waals surface area contributed by atoms with Crippen LogP contribution >= 0.6 is 0 Å². The zero-order valence-electron chi connectivity index (χ0n) is 9.33. The first-order valence-corrected chi connectivity index (χ1v) is 5.46. The average Bonchev–Trinajstić information content (AvgIpc) is 2.64. The predicted octanol–water partition coefficient (Wildman–Crippen LogP) is 2.19. The lowest BCUT2D eigenvalue weighted by Gasteiger charge is -2.13. The smallest absolute Gasteiger partial charge is 0.269 e. The lowest BCUT2D eigenvalue weighted by Crippen LogP contribution is -2.29. The number of carbonyl (C=O) groups is 2. The number of nitrogens with zero attached hydrogens (tertiary/aromatic N) is 1. The Morgan fingerprint density at radius 1 is 0.833 bits per heavy atom. The van der Waals surface area contributed by atoms with E-state index in [9.17, 15) is 14.7 Å². The number of phenols is 1. The molecule has 1 aliphatic rings. The van der Waals surface area contributed by atoms with Gasteiger partial charge in [-0.05, 0) is 24.3 Å². The van der Waals surface area contributed by atoms with Crippen molar-refractivity contribution in [3.8, 4) is 5.75 Å². The van der Waals surface area contributed by atoms with Gasteiger partial charge in [0.1, 0.15) is 5.75 Å². The van der Waals surface area contributed by atoms with Crippen molar-refractivity contribution in [3.05, 3.63) is 59.7 Å². The van der Waals surface area contributed by atoms with Crippen molar-refractivity contribution in [1.82, 2.24) is 0 Å². The van der Waals surface area contributed by atoms with Crippen LogP contribution in [0.4, 0.5) is 5.69 Å². The number of benzene rings is 2. The molecule has 2 amide bonds. The number of para-hydroxylation sites is 1. The molecule has 0 saturated carbocycles. The van der Waals surface area contributed by atoms with Gasteiger partial charge in [-0.25, -0.2) is 4.90 Å². The quantitative estimate of drug-likeness (QED) is 0.776. The highest BCUT2D eigenvalue weighted by molar-refractivity contribution is 6.35. The van der Waals surface area contributed by atoms with Gasteiger partial charge >= 0.3 is 0 Å². The van der Waals surface area contributed by atoms with E-state index in [0.29, 0.717) is 5.69 Å². The van der Waals surface area contributed by atoms with Gasteiger partial charge in [0.25, 0.3) is 11.8 Å². The molecule has 0 aliphatic carbocycles. The molecule has 0 atom stereocenters. The third-order valence-electron chi connectivity index (χ3n) is 2.91. The number of imide groups is 1. The Labute approximate surface area is 103 Å². The van der Waals surface area contributed by atoms with Gasteiger partial charge in [0.2, 0.25) is 0 Å². The van der Waals surface area contributed by atoms with Gasteiger partial charge in [-0.1, -0.05) is 24.3 Å². The molecule has 1 aliphatic heterocycles. The standard InChI is InChI=1S/C14H9NO3/c16-11-8-4-7-10-12(11)14(18)15(13(10)17)9-5-2-1-3-6-9/h1-8,16H. The minimum atomic E-state index is -0.487. The second-order valence-corrected chi connectivity index (χ2v) is 3.98. The van der Waals surface area contributed by atoms with Crippen molar-refractivity contribution >= 4 is 17.5 Å². The summed E-state index contributed by atoms with van der Waals surface area (Å²) in [5.41, 5.74) is 0.818. The molecule has 0 saturated heterocycles. The summed E-state index contributed by atoms with van der Waals surface area (Å²) in [5.74, 6) is -1.05. The van der Waals surface area contributed by atoms with Crippen LogP contribution in [0.3, 0.4) is 0 Å². The molecular formula is C14H9NO3. The normalized spacial score (nSPS) is 13.9. The summed E-state index contributed by atoms with van der Waals surface area (Å²) in [6.45, 7) is 0. The number of amides is 2. The fourth-order valence-electron chi connectivity index (χ4n) is 2.08. The highest BCUT2D eigenvalue weighted by atomic mass is 16.3. The molecule has 4 heteroatoms. The first-order valence-electron chi connectivity index (χ1n) is 5.46. The molecule has 3 rings (SSSR count). The van der Waals surface area contributed by atoms with Gasteiger partial charge in [0.05, 0.1) is 16.8 Å². The SMILES string of the molecule is O=C1c2cccc(O)c2C(=O)N1c1ccccc1. The van der Waals surface area contributed by atoms with E-state index in [-0.39, 0.29) is 16.9 Å². The van der Waals surface area contributed by atoms with E-state index in [4.69, 9.17) is 0 Å². The molecule has 0 unspecified atom stereocenters. The molecule has 2 aromatic rings.